The third-order valence-corrected chi connectivity index (χ3v) is 5.39. The van der Waals surface area contributed by atoms with Crippen LogP contribution < -0.4 is 5.43 Å². The maximum atomic E-state index is 12.8. The number of carboxylic acids is 1. The van der Waals surface area contributed by atoms with E-state index in [2.05, 4.69) is 15.6 Å². The number of methoxy groups -OCH3 is 1. The molecule has 0 fully saturated rings. The lowest BCUT2D eigenvalue weighted by molar-refractivity contribution is -0.148. The maximum Gasteiger partial charge on any atom is 0.333 e. The van der Waals surface area contributed by atoms with Crippen molar-refractivity contribution in [3.63, 3.8) is 0 Å². The van der Waals surface area contributed by atoms with Crippen LogP contribution in [0.3, 0.4) is 0 Å². The van der Waals surface area contributed by atoms with Crippen LogP contribution in [-0.2, 0) is 16.1 Å². The standard InChI is InChI=1S/C25H29N5O6/c1-29(12-13-36-2)24(33)21-14-20(26-27-21)23(32)28-30(16-22(31)25(34)35)15-17-8-10-19(11-9-17)18-6-4-3-5-7-18/h3-11,14,22,31H,12-13,15-16H2,1-2H3,(H,26,27)(H,28,32)(H,34,35)/t22-/m1/s1. The Morgan fingerprint density at radius 2 is 1.75 bits per heavy atom. The molecule has 0 aliphatic carbocycles. The molecule has 4 N–H and O–H groups in total. The van der Waals surface area contributed by atoms with E-state index < -0.39 is 18.0 Å². The van der Waals surface area contributed by atoms with Gasteiger partial charge in [0, 0.05) is 33.3 Å². The zero-order valence-corrected chi connectivity index (χ0v) is 20.0. The highest BCUT2D eigenvalue weighted by atomic mass is 16.5. The number of likely N-dealkylation sites (N-methyl/N-ethyl adjacent to an activating group) is 1. The van der Waals surface area contributed by atoms with E-state index in [1.165, 1.54) is 23.1 Å². The van der Waals surface area contributed by atoms with Gasteiger partial charge < -0.3 is 19.8 Å². The lowest BCUT2D eigenvalue weighted by Gasteiger charge is -2.24. The molecule has 11 nitrogen and oxygen atoms in total. The van der Waals surface area contributed by atoms with Gasteiger partial charge in [0.25, 0.3) is 11.8 Å². The molecule has 0 unspecified atom stereocenters. The van der Waals surface area contributed by atoms with Gasteiger partial charge in [-0.25, -0.2) is 9.80 Å². The summed E-state index contributed by atoms with van der Waals surface area (Å²) in [4.78, 5) is 37.9. The summed E-state index contributed by atoms with van der Waals surface area (Å²) >= 11 is 0. The number of amides is 2. The number of aromatic amines is 1. The van der Waals surface area contributed by atoms with Crippen LogP contribution >= 0.6 is 0 Å². The summed E-state index contributed by atoms with van der Waals surface area (Å²) in [6.07, 6.45) is -1.72. The van der Waals surface area contributed by atoms with Crippen LogP contribution in [0.5, 0.6) is 0 Å². The first-order valence-electron chi connectivity index (χ1n) is 11.2. The van der Waals surface area contributed by atoms with Crippen molar-refractivity contribution in [3.8, 4) is 11.1 Å². The van der Waals surface area contributed by atoms with Crippen LogP contribution in [0.25, 0.3) is 11.1 Å². The molecule has 1 atom stereocenters. The van der Waals surface area contributed by atoms with Crippen molar-refractivity contribution in [2.45, 2.75) is 12.6 Å². The predicted octanol–water partition coefficient (Wildman–Crippen LogP) is 1.39. The van der Waals surface area contributed by atoms with E-state index in [0.717, 1.165) is 16.7 Å². The van der Waals surface area contributed by atoms with Crippen molar-refractivity contribution < 1.29 is 29.3 Å². The minimum absolute atomic E-state index is 0.00716. The third-order valence-electron chi connectivity index (χ3n) is 5.39. The molecule has 0 spiro atoms. The number of aromatic nitrogens is 2. The molecule has 0 aliphatic rings. The molecule has 0 saturated heterocycles. The molecule has 0 saturated carbocycles. The molecule has 1 aromatic heterocycles. The molecule has 36 heavy (non-hydrogen) atoms. The number of hydrogen-bond acceptors (Lipinski definition) is 7. The molecule has 2 amide bonds. The number of aliphatic hydroxyl groups is 1. The molecule has 0 bridgehead atoms. The van der Waals surface area contributed by atoms with Crippen molar-refractivity contribution in [1.82, 2.24) is 25.5 Å². The zero-order valence-electron chi connectivity index (χ0n) is 20.0. The Kier molecular flexibility index (Phi) is 9.28. The first kappa shape index (κ1) is 26.5. The molecule has 0 radical (unpaired) electrons. The van der Waals surface area contributed by atoms with Crippen molar-refractivity contribution in [3.05, 3.63) is 77.6 Å². The Hall–Kier alpha value is -4.06. The number of carbonyl (C=O) groups is 3. The van der Waals surface area contributed by atoms with E-state index in [0.29, 0.717) is 13.2 Å². The summed E-state index contributed by atoms with van der Waals surface area (Å²) in [6, 6.07) is 18.7. The van der Waals surface area contributed by atoms with Gasteiger partial charge in [-0.2, -0.15) is 5.10 Å². The number of benzene rings is 2. The first-order valence-corrected chi connectivity index (χ1v) is 11.2. The summed E-state index contributed by atoms with van der Waals surface area (Å²) in [7, 11) is 3.12. The van der Waals surface area contributed by atoms with E-state index in [1.54, 1.807) is 7.05 Å². The van der Waals surface area contributed by atoms with Crippen LogP contribution in [0.1, 0.15) is 26.5 Å². The fourth-order valence-electron chi connectivity index (χ4n) is 3.37. The van der Waals surface area contributed by atoms with E-state index in [4.69, 9.17) is 9.84 Å². The van der Waals surface area contributed by atoms with Gasteiger partial charge in [-0.15, -0.1) is 0 Å². The van der Waals surface area contributed by atoms with Gasteiger partial charge in [0.05, 0.1) is 13.2 Å². The van der Waals surface area contributed by atoms with Gasteiger partial charge in [0.2, 0.25) is 0 Å². The van der Waals surface area contributed by atoms with Gasteiger partial charge in [-0.05, 0) is 16.7 Å². The van der Waals surface area contributed by atoms with Crippen molar-refractivity contribution in [2.24, 2.45) is 0 Å². The van der Waals surface area contributed by atoms with Gasteiger partial charge >= 0.3 is 5.97 Å². The summed E-state index contributed by atoms with van der Waals surface area (Å²) in [5, 5.41) is 26.7. The topological polar surface area (TPSA) is 148 Å². The van der Waals surface area contributed by atoms with Gasteiger partial charge in [0.15, 0.2) is 11.8 Å². The van der Waals surface area contributed by atoms with Crippen LogP contribution in [0.15, 0.2) is 60.7 Å². The smallest absolute Gasteiger partial charge is 0.333 e. The highest BCUT2D eigenvalue weighted by Crippen LogP contribution is 2.19. The van der Waals surface area contributed by atoms with E-state index in [-0.39, 0.29) is 30.4 Å². The quantitative estimate of drug-likeness (QED) is 0.276. The van der Waals surface area contributed by atoms with Crippen molar-refractivity contribution in [2.75, 3.05) is 33.9 Å². The lowest BCUT2D eigenvalue weighted by Crippen LogP contribution is -2.47. The number of nitrogens with one attached hydrogen (secondary N) is 2. The van der Waals surface area contributed by atoms with Gasteiger partial charge in [-0.3, -0.25) is 20.1 Å². The number of hydrazine groups is 1. The highest BCUT2D eigenvalue weighted by molar-refractivity contribution is 5.97. The minimum atomic E-state index is -1.72. The van der Waals surface area contributed by atoms with Gasteiger partial charge in [-0.1, -0.05) is 54.6 Å². The predicted molar refractivity (Wildman–Crippen MR) is 131 cm³/mol. The minimum Gasteiger partial charge on any atom is -0.479 e. The molecular formula is C25H29N5O6. The number of H-pyrrole nitrogens is 1. The number of aliphatic hydroxyl groups excluding tert-OH is 1. The van der Waals surface area contributed by atoms with E-state index >= 15 is 0 Å². The Bertz CT molecular complexity index is 1170. The number of aliphatic carboxylic acids is 1. The normalized spacial score (nSPS) is 11.8. The first-order chi connectivity index (χ1) is 17.3. The highest BCUT2D eigenvalue weighted by Gasteiger charge is 2.23. The number of rotatable bonds is 12. The molecule has 2 aromatic carbocycles. The fraction of sp³-hybridized carbons (Fsp3) is 0.280. The molecule has 190 valence electrons. The second-order valence-electron chi connectivity index (χ2n) is 8.12. The second-order valence-corrected chi connectivity index (χ2v) is 8.12. The van der Waals surface area contributed by atoms with Crippen molar-refractivity contribution in [1.29, 1.82) is 0 Å². The Morgan fingerprint density at radius 3 is 2.39 bits per heavy atom. The average Bonchev–Trinajstić information content (AvgIpc) is 3.38. The van der Waals surface area contributed by atoms with Crippen LogP contribution in [0.2, 0.25) is 0 Å². The summed E-state index contributed by atoms with van der Waals surface area (Å²) in [5.41, 5.74) is 5.48. The Morgan fingerprint density at radius 1 is 1.08 bits per heavy atom. The Labute approximate surface area is 208 Å². The Balaban J connectivity index is 1.70. The second kappa shape index (κ2) is 12.6. The van der Waals surface area contributed by atoms with E-state index in [9.17, 15) is 19.5 Å². The molecular weight excluding hydrogens is 466 g/mol. The molecule has 3 rings (SSSR count). The van der Waals surface area contributed by atoms with Gasteiger partial charge in [0.1, 0.15) is 5.69 Å². The zero-order chi connectivity index (χ0) is 26.1. The number of carbonyl (C=O) groups excluding carboxylic acids is 2. The number of carboxylic acid groups (broad SMARTS) is 1. The molecule has 0 aliphatic heterocycles. The SMILES string of the molecule is COCCN(C)C(=O)c1cc(C(=O)NN(Cc2ccc(-c3ccccc3)cc2)C[C@@H](O)C(=O)O)[nH]n1. The number of ether oxygens (including phenoxy) is 1. The summed E-state index contributed by atoms with van der Waals surface area (Å²) in [6.45, 7) is 0.479. The number of hydrogen-bond donors (Lipinski definition) is 4. The van der Waals surface area contributed by atoms with Crippen LogP contribution in [0, 0.1) is 0 Å². The molecule has 11 heteroatoms. The monoisotopic (exact) mass is 495 g/mol. The summed E-state index contributed by atoms with van der Waals surface area (Å²) < 4.78 is 4.96. The molecule has 1 heterocycles. The fourth-order valence-corrected chi connectivity index (χ4v) is 3.37. The third kappa shape index (κ3) is 7.22. The van der Waals surface area contributed by atoms with Crippen LogP contribution in [0.4, 0.5) is 0 Å². The van der Waals surface area contributed by atoms with Crippen LogP contribution in [-0.4, -0.2) is 88.1 Å². The largest absolute Gasteiger partial charge is 0.479 e. The maximum absolute atomic E-state index is 12.8. The lowest BCUT2D eigenvalue weighted by atomic mass is 10.0. The summed E-state index contributed by atoms with van der Waals surface area (Å²) in [5.74, 6) is -2.44. The van der Waals surface area contributed by atoms with E-state index in [1.807, 2.05) is 54.6 Å². The molecule has 3 aromatic rings. The average molecular weight is 496 g/mol. The van der Waals surface area contributed by atoms with Crippen molar-refractivity contribution >= 4 is 17.8 Å². The number of nitrogens with zero attached hydrogens (tertiary/aromatic N) is 3.